The number of carbonyl (C=O) groups is 1. The average molecular weight is 358 g/mol. The van der Waals surface area contributed by atoms with Gasteiger partial charge >= 0.3 is 0 Å². The highest BCUT2D eigenvalue weighted by Gasteiger charge is 2.17. The number of fused-ring (bicyclic) bond motifs is 1. The minimum absolute atomic E-state index is 0.0314. The van der Waals surface area contributed by atoms with Gasteiger partial charge in [0.05, 0.1) is 0 Å². The molecule has 1 aromatic heterocycles. The lowest BCUT2D eigenvalue weighted by Crippen LogP contribution is -2.23. The van der Waals surface area contributed by atoms with Crippen LogP contribution < -0.4 is 5.32 Å². The van der Waals surface area contributed by atoms with Crippen molar-refractivity contribution in [3.05, 3.63) is 88.2 Å². The molecule has 0 fully saturated rings. The summed E-state index contributed by atoms with van der Waals surface area (Å²) in [5, 5.41) is 3.03. The van der Waals surface area contributed by atoms with Gasteiger partial charge in [-0.25, -0.2) is 0 Å². The maximum Gasteiger partial charge on any atom is 0.251 e. The van der Waals surface area contributed by atoms with Gasteiger partial charge < -0.3 is 9.88 Å². The first kappa shape index (κ1) is 17.6. The highest BCUT2D eigenvalue weighted by Crippen LogP contribution is 2.28. The van der Waals surface area contributed by atoms with E-state index in [1.807, 2.05) is 24.3 Å². The zero-order chi connectivity index (χ0) is 18.8. The van der Waals surface area contributed by atoms with E-state index < -0.39 is 0 Å². The van der Waals surface area contributed by atoms with Gasteiger partial charge in [0.25, 0.3) is 5.91 Å². The first-order valence-electron chi connectivity index (χ1n) is 9.77. The van der Waals surface area contributed by atoms with E-state index in [1.165, 1.54) is 41.8 Å². The third-order valence-corrected chi connectivity index (χ3v) is 5.57. The van der Waals surface area contributed by atoms with Crippen LogP contribution in [0.4, 0.5) is 0 Å². The largest absolute Gasteiger partial charge is 0.348 e. The van der Waals surface area contributed by atoms with Crippen molar-refractivity contribution in [2.24, 2.45) is 0 Å². The quantitative estimate of drug-likeness (QED) is 0.707. The van der Waals surface area contributed by atoms with E-state index in [0.717, 1.165) is 17.7 Å². The van der Waals surface area contributed by atoms with Crippen LogP contribution in [0.25, 0.3) is 5.69 Å². The van der Waals surface area contributed by atoms with Crippen LogP contribution in [-0.4, -0.2) is 10.5 Å². The Labute approximate surface area is 161 Å². The van der Waals surface area contributed by atoms with Crippen molar-refractivity contribution in [1.29, 1.82) is 0 Å². The fraction of sp³-hybridized carbons (Fsp3) is 0.292. The van der Waals surface area contributed by atoms with Crippen LogP contribution in [0.15, 0.2) is 54.6 Å². The Morgan fingerprint density at radius 3 is 2.52 bits per heavy atom. The van der Waals surface area contributed by atoms with Crippen molar-refractivity contribution in [2.75, 3.05) is 0 Å². The Balaban J connectivity index is 1.50. The number of carbonyl (C=O) groups excluding carboxylic acids is 1. The molecule has 0 aliphatic heterocycles. The molecule has 0 bridgehead atoms. The van der Waals surface area contributed by atoms with Gasteiger partial charge in [0.1, 0.15) is 0 Å². The van der Waals surface area contributed by atoms with Crippen LogP contribution in [0.5, 0.6) is 0 Å². The van der Waals surface area contributed by atoms with Gasteiger partial charge in [-0.15, -0.1) is 0 Å². The lowest BCUT2D eigenvalue weighted by atomic mass is 9.98. The van der Waals surface area contributed by atoms with Gasteiger partial charge in [0.15, 0.2) is 0 Å². The summed E-state index contributed by atoms with van der Waals surface area (Å²) in [6.45, 7) is 4.79. The summed E-state index contributed by atoms with van der Waals surface area (Å²) < 4.78 is 2.35. The van der Waals surface area contributed by atoms with Crippen LogP contribution in [0.2, 0.25) is 0 Å². The molecule has 4 rings (SSSR count). The second-order valence-corrected chi connectivity index (χ2v) is 7.46. The van der Waals surface area contributed by atoms with E-state index in [9.17, 15) is 4.79 Å². The van der Waals surface area contributed by atoms with Crippen LogP contribution in [0, 0.1) is 13.8 Å². The first-order valence-corrected chi connectivity index (χ1v) is 9.77. The smallest absolute Gasteiger partial charge is 0.251 e. The molecule has 0 spiro atoms. The number of aryl methyl sites for hydroxylation is 3. The van der Waals surface area contributed by atoms with Crippen LogP contribution in [0.1, 0.15) is 51.3 Å². The molecule has 3 heteroatoms. The van der Waals surface area contributed by atoms with Gasteiger partial charge in [-0.1, -0.05) is 24.3 Å². The number of hydrogen-bond donors (Lipinski definition) is 1. The fourth-order valence-electron chi connectivity index (χ4n) is 4.06. The Morgan fingerprint density at radius 2 is 1.74 bits per heavy atom. The second kappa shape index (κ2) is 7.43. The Morgan fingerprint density at radius 1 is 1.00 bits per heavy atom. The van der Waals surface area contributed by atoms with Crippen molar-refractivity contribution in [3.63, 3.8) is 0 Å². The van der Waals surface area contributed by atoms with E-state index in [1.54, 1.807) is 0 Å². The summed E-state index contributed by atoms with van der Waals surface area (Å²) in [7, 11) is 0. The zero-order valence-corrected chi connectivity index (χ0v) is 16.1. The van der Waals surface area contributed by atoms with Crippen LogP contribution in [-0.2, 0) is 19.4 Å². The topological polar surface area (TPSA) is 34.0 Å². The molecule has 0 saturated heterocycles. The molecule has 1 N–H and O–H groups in total. The van der Waals surface area contributed by atoms with Crippen molar-refractivity contribution in [2.45, 2.75) is 46.1 Å². The minimum Gasteiger partial charge on any atom is -0.348 e. The van der Waals surface area contributed by atoms with E-state index in [4.69, 9.17) is 0 Å². The third-order valence-electron chi connectivity index (χ3n) is 5.57. The predicted molar refractivity (Wildman–Crippen MR) is 109 cm³/mol. The number of nitrogens with one attached hydrogen (secondary N) is 1. The third kappa shape index (κ3) is 3.55. The van der Waals surface area contributed by atoms with E-state index in [0.29, 0.717) is 12.1 Å². The maximum absolute atomic E-state index is 12.5. The summed E-state index contributed by atoms with van der Waals surface area (Å²) in [6.07, 6.45) is 4.87. The van der Waals surface area contributed by atoms with E-state index in [2.05, 4.69) is 54.1 Å². The van der Waals surface area contributed by atoms with E-state index in [-0.39, 0.29) is 5.91 Å². The Kier molecular flexibility index (Phi) is 4.85. The number of amides is 1. The Bertz CT molecular complexity index is 967. The summed E-state index contributed by atoms with van der Waals surface area (Å²) in [6, 6.07) is 18.4. The van der Waals surface area contributed by atoms with Crippen LogP contribution >= 0.6 is 0 Å². The first-order chi connectivity index (χ1) is 13.1. The van der Waals surface area contributed by atoms with Crippen LogP contribution in [0.3, 0.4) is 0 Å². The molecular weight excluding hydrogens is 332 g/mol. The van der Waals surface area contributed by atoms with Crippen molar-refractivity contribution in [3.8, 4) is 5.69 Å². The number of rotatable bonds is 4. The summed E-state index contributed by atoms with van der Waals surface area (Å²) in [4.78, 5) is 12.5. The van der Waals surface area contributed by atoms with Crippen molar-refractivity contribution >= 4 is 5.91 Å². The molecule has 27 heavy (non-hydrogen) atoms. The predicted octanol–water partition coefficient (Wildman–Crippen LogP) is 4.90. The normalized spacial score (nSPS) is 13.3. The second-order valence-electron chi connectivity index (χ2n) is 7.46. The summed E-state index contributed by atoms with van der Waals surface area (Å²) in [5.74, 6) is -0.0314. The lowest BCUT2D eigenvalue weighted by Gasteiger charge is -2.17. The van der Waals surface area contributed by atoms with E-state index >= 15 is 0 Å². The molecular formula is C24H26N2O. The maximum atomic E-state index is 12.5. The number of nitrogens with zero attached hydrogens (tertiary/aromatic N) is 1. The van der Waals surface area contributed by atoms with Crippen molar-refractivity contribution < 1.29 is 4.79 Å². The molecule has 1 aliphatic carbocycles. The van der Waals surface area contributed by atoms with Gasteiger partial charge in [0.2, 0.25) is 0 Å². The number of aromatic nitrogens is 1. The standard InChI is InChI=1S/C24H26N2O/c1-17-7-3-4-9-21(17)16-25-24(27)19-11-13-22(14-12-19)26-18(2)15-20-8-5-6-10-23(20)26/h3-4,7,9,11-15H,5-6,8,10,16H2,1-2H3,(H,25,27). The van der Waals surface area contributed by atoms with Gasteiger partial charge in [-0.3, -0.25) is 4.79 Å². The summed E-state index contributed by atoms with van der Waals surface area (Å²) >= 11 is 0. The Hall–Kier alpha value is -2.81. The van der Waals surface area contributed by atoms with Gasteiger partial charge in [0, 0.05) is 29.2 Å². The molecule has 1 aliphatic rings. The van der Waals surface area contributed by atoms with Gasteiger partial charge in [-0.05, 0) is 86.6 Å². The molecule has 2 aromatic carbocycles. The SMILES string of the molecule is Cc1ccccc1CNC(=O)c1ccc(-n2c(C)cc3c2CCCC3)cc1. The molecule has 1 amide bonds. The molecule has 0 atom stereocenters. The average Bonchev–Trinajstić information content (AvgIpc) is 3.03. The zero-order valence-electron chi connectivity index (χ0n) is 16.1. The molecule has 1 heterocycles. The highest BCUT2D eigenvalue weighted by molar-refractivity contribution is 5.94. The number of benzene rings is 2. The number of hydrogen-bond acceptors (Lipinski definition) is 1. The fourth-order valence-corrected chi connectivity index (χ4v) is 4.06. The monoisotopic (exact) mass is 358 g/mol. The minimum atomic E-state index is -0.0314. The van der Waals surface area contributed by atoms with Crippen molar-refractivity contribution in [1.82, 2.24) is 9.88 Å². The molecule has 0 radical (unpaired) electrons. The molecule has 138 valence electrons. The molecule has 3 nitrogen and oxygen atoms in total. The molecule has 0 unspecified atom stereocenters. The molecule has 0 saturated carbocycles. The molecule has 3 aromatic rings. The van der Waals surface area contributed by atoms with Gasteiger partial charge in [-0.2, -0.15) is 0 Å². The lowest BCUT2D eigenvalue weighted by molar-refractivity contribution is 0.0951. The highest BCUT2D eigenvalue weighted by atomic mass is 16.1. The summed E-state index contributed by atoms with van der Waals surface area (Å²) in [5.41, 5.74) is 8.39.